The van der Waals surface area contributed by atoms with Gasteiger partial charge in [-0.2, -0.15) is 0 Å². The third-order valence-electron chi connectivity index (χ3n) is 2.36. The second kappa shape index (κ2) is 9.49. The van der Waals surface area contributed by atoms with Gasteiger partial charge in [0.15, 0.2) is 0 Å². The van der Waals surface area contributed by atoms with Crippen LogP contribution in [0.4, 0.5) is 0 Å². The van der Waals surface area contributed by atoms with Crippen LogP contribution in [0.5, 0.6) is 0 Å². The first-order chi connectivity index (χ1) is 9.36. The van der Waals surface area contributed by atoms with Crippen molar-refractivity contribution in [3.8, 4) is 0 Å². The van der Waals surface area contributed by atoms with E-state index < -0.39 is 10.2 Å². The molecule has 0 saturated carbocycles. The quantitative estimate of drug-likeness (QED) is 0.505. The zero-order valence-corrected chi connectivity index (χ0v) is 10.7. The maximum Gasteiger partial charge on any atom is 0.291 e. The summed E-state index contributed by atoms with van der Waals surface area (Å²) in [6.07, 6.45) is 6.80. The molecule has 1 aliphatic rings. The molecule has 2 rings (SSSR count). The highest BCUT2D eigenvalue weighted by Gasteiger charge is 2.10. The minimum absolute atomic E-state index is 0.705. The molecule has 1 aliphatic heterocycles. The number of fused-ring (bicyclic) bond motifs is 1. The highest BCUT2D eigenvalue weighted by molar-refractivity contribution is 5.06. The Morgan fingerprint density at radius 3 is 2.30 bits per heavy atom. The standard InChI is InChI=1S/C9H15N3.2HNO3/c10-5-4-8-7-12-6-2-1-3-9(12)11-8;2*2-1(3)4/h7H,1-6,10H2;2*(H,2,3,4). The number of rotatable bonds is 2. The van der Waals surface area contributed by atoms with Crippen molar-refractivity contribution in [3.63, 3.8) is 0 Å². The summed E-state index contributed by atoms with van der Waals surface area (Å²) >= 11 is 0. The van der Waals surface area contributed by atoms with Crippen LogP contribution >= 0.6 is 0 Å². The Kier molecular flexibility index (Phi) is 8.34. The Morgan fingerprint density at radius 2 is 1.85 bits per heavy atom. The van der Waals surface area contributed by atoms with Crippen LogP contribution in [0.1, 0.15) is 24.4 Å². The first kappa shape index (κ1) is 17.6. The summed E-state index contributed by atoms with van der Waals surface area (Å²) in [7, 11) is 0. The fraction of sp³-hybridized carbons (Fsp3) is 0.667. The summed E-state index contributed by atoms with van der Waals surface area (Å²) in [6.45, 7) is 1.85. The van der Waals surface area contributed by atoms with Gasteiger partial charge in [0.1, 0.15) is 5.82 Å². The van der Waals surface area contributed by atoms with Gasteiger partial charge >= 0.3 is 0 Å². The van der Waals surface area contributed by atoms with Gasteiger partial charge in [-0.1, -0.05) is 0 Å². The van der Waals surface area contributed by atoms with Gasteiger partial charge in [-0.25, -0.2) is 4.98 Å². The molecule has 0 amide bonds. The monoisotopic (exact) mass is 291 g/mol. The van der Waals surface area contributed by atoms with Crippen molar-refractivity contribution < 1.29 is 20.6 Å². The molecule has 0 radical (unpaired) electrons. The largest absolute Gasteiger partial charge is 0.335 e. The Labute approximate surface area is 113 Å². The smallest absolute Gasteiger partial charge is 0.291 e. The lowest BCUT2D eigenvalue weighted by atomic mass is 10.2. The van der Waals surface area contributed by atoms with Gasteiger partial charge in [0.05, 0.1) is 5.69 Å². The molecule has 1 aromatic heterocycles. The van der Waals surface area contributed by atoms with Crippen molar-refractivity contribution in [2.24, 2.45) is 5.73 Å². The summed E-state index contributed by atoms with van der Waals surface area (Å²) in [6, 6.07) is 0. The van der Waals surface area contributed by atoms with E-state index in [2.05, 4.69) is 15.7 Å². The molecule has 4 N–H and O–H groups in total. The molecule has 0 aliphatic carbocycles. The highest BCUT2D eigenvalue weighted by Crippen LogP contribution is 2.14. The second-order valence-electron chi connectivity index (χ2n) is 3.81. The predicted molar refractivity (Wildman–Crippen MR) is 65.5 cm³/mol. The van der Waals surface area contributed by atoms with E-state index in [1.807, 2.05) is 0 Å². The number of imidazole rings is 1. The average Bonchev–Trinajstić information content (AvgIpc) is 2.70. The normalized spacial score (nSPS) is 12.1. The molecule has 0 saturated heterocycles. The fourth-order valence-electron chi connectivity index (χ4n) is 1.74. The van der Waals surface area contributed by atoms with Crippen molar-refractivity contribution in [1.82, 2.24) is 9.55 Å². The minimum atomic E-state index is -1.50. The number of nitrogens with two attached hydrogens (primary N) is 1. The molecule has 1 aromatic rings. The van der Waals surface area contributed by atoms with Gasteiger partial charge < -0.3 is 20.7 Å². The summed E-state index contributed by atoms with van der Waals surface area (Å²) in [4.78, 5) is 21.2. The number of aryl methyl sites for hydroxylation is 2. The molecule has 11 heteroatoms. The maximum atomic E-state index is 8.36. The Balaban J connectivity index is 0.000000380. The fourth-order valence-corrected chi connectivity index (χ4v) is 1.74. The zero-order chi connectivity index (χ0) is 15.5. The van der Waals surface area contributed by atoms with Crippen molar-refractivity contribution in [1.29, 1.82) is 0 Å². The van der Waals surface area contributed by atoms with Crippen LogP contribution in [0.3, 0.4) is 0 Å². The number of aromatic nitrogens is 2. The molecule has 0 fully saturated rings. The molecule has 20 heavy (non-hydrogen) atoms. The average molecular weight is 291 g/mol. The van der Waals surface area contributed by atoms with Crippen molar-refractivity contribution in [2.75, 3.05) is 6.54 Å². The SMILES string of the molecule is NCCc1cn2c(n1)CCCC2.O=[N+]([O-])O.O=[N+]([O-])O. The number of hydrogen-bond acceptors (Lipinski definition) is 6. The summed E-state index contributed by atoms with van der Waals surface area (Å²) in [5, 5.41) is 27.3. The summed E-state index contributed by atoms with van der Waals surface area (Å²) < 4.78 is 2.27. The van der Waals surface area contributed by atoms with E-state index >= 15 is 0 Å². The molecular formula is C9H17N5O6. The second-order valence-corrected chi connectivity index (χ2v) is 3.81. The minimum Gasteiger partial charge on any atom is -0.335 e. The number of hydrogen-bond donors (Lipinski definition) is 3. The lowest BCUT2D eigenvalue weighted by Gasteiger charge is -2.11. The van der Waals surface area contributed by atoms with Crippen LogP contribution < -0.4 is 5.73 Å². The van der Waals surface area contributed by atoms with Crippen molar-refractivity contribution in [2.45, 2.75) is 32.2 Å². The van der Waals surface area contributed by atoms with Gasteiger partial charge in [0.25, 0.3) is 10.2 Å². The Hall–Kier alpha value is -2.43. The molecule has 114 valence electrons. The zero-order valence-electron chi connectivity index (χ0n) is 10.7. The first-order valence-electron chi connectivity index (χ1n) is 5.78. The van der Waals surface area contributed by atoms with Gasteiger partial charge in [-0.15, -0.1) is 20.2 Å². The van der Waals surface area contributed by atoms with E-state index in [0.717, 1.165) is 25.1 Å². The first-order valence-corrected chi connectivity index (χ1v) is 5.78. The van der Waals surface area contributed by atoms with E-state index in [0.29, 0.717) is 6.54 Å². The van der Waals surface area contributed by atoms with E-state index in [1.165, 1.54) is 18.7 Å². The lowest BCUT2D eigenvalue weighted by molar-refractivity contribution is -0.742. The molecule has 11 nitrogen and oxygen atoms in total. The van der Waals surface area contributed by atoms with E-state index in [9.17, 15) is 0 Å². The van der Waals surface area contributed by atoms with Crippen LogP contribution in [-0.2, 0) is 19.4 Å². The third kappa shape index (κ3) is 8.63. The molecule has 0 spiro atoms. The van der Waals surface area contributed by atoms with Crippen LogP contribution in [0.15, 0.2) is 6.20 Å². The summed E-state index contributed by atoms with van der Waals surface area (Å²) in [5.74, 6) is 1.25. The van der Waals surface area contributed by atoms with Gasteiger partial charge in [0, 0.05) is 25.6 Å². The third-order valence-corrected chi connectivity index (χ3v) is 2.36. The van der Waals surface area contributed by atoms with Gasteiger partial charge in [-0.05, 0) is 19.4 Å². The number of nitrogens with zero attached hydrogens (tertiary/aromatic N) is 4. The van der Waals surface area contributed by atoms with E-state index in [1.54, 1.807) is 0 Å². The molecule has 0 aromatic carbocycles. The van der Waals surface area contributed by atoms with Crippen LogP contribution in [0.25, 0.3) is 0 Å². The van der Waals surface area contributed by atoms with Crippen LogP contribution in [0.2, 0.25) is 0 Å². The van der Waals surface area contributed by atoms with Crippen molar-refractivity contribution in [3.05, 3.63) is 37.9 Å². The highest BCUT2D eigenvalue weighted by atomic mass is 16.9. The Bertz CT molecular complexity index is 391. The van der Waals surface area contributed by atoms with Crippen LogP contribution in [-0.4, -0.2) is 36.7 Å². The van der Waals surface area contributed by atoms with E-state index in [-0.39, 0.29) is 0 Å². The molecule has 0 bridgehead atoms. The van der Waals surface area contributed by atoms with E-state index in [4.69, 9.17) is 36.4 Å². The van der Waals surface area contributed by atoms with Gasteiger partial charge in [-0.3, -0.25) is 0 Å². The van der Waals surface area contributed by atoms with Crippen LogP contribution in [0, 0.1) is 20.2 Å². The predicted octanol–water partition coefficient (Wildman–Crippen LogP) is 0.0252. The van der Waals surface area contributed by atoms with Crippen molar-refractivity contribution >= 4 is 0 Å². The maximum absolute atomic E-state index is 8.36. The lowest BCUT2D eigenvalue weighted by Crippen LogP contribution is -2.08. The molecule has 2 heterocycles. The molecular weight excluding hydrogens is 274 g/mol. The molecule has 0 atom stereocenters. The molecule has 0 unspecified atom stereocenters. The topological polar surface area (TPSA) is 171 Å². The van der Waals surface area contributed by atoms with Gasteiger partial charge in [0.2, 0.25) is 0 Å². The Morgan fingerprint density at radius 1 is 1.30 bits per heavy atom. The summed E-state index contributed by atoms with van der Waals surface area (Å²) in [5.41, 5.74) is 6.63.